The second-order valence-electron chi connectivity index (χ2n) is 6.11. The lowest BCUT2D eigenvalue weighted by atomic mass is 10.1. The highest BCUT2D eigenvalue weighted by Gasteiger charge is 2.15. The van der Waals surface area contributed by atoms with Crippen molar-refractivity contribution >= 4 is 17.2 Å². The lowest BCUT2D eigenvalue weighted by molar-refractivity contribution is 0.475. The third-order valence-electron chi connectivity index (χ3n) is 4.18. The molecule has 2 aromatic carbocycles. The number of aryl methyl sites for hydroxylation is 2. The number of imidazole rings is 1. The summed E-state index contributed by atoms with van der Waals surface area (Å²) in [5, 5.41) is 13.3. The summed E-state index contributed by atoms with van der Waals surface area (Å²) < 4.78 is 1.96. The van der Waals surface area contributed by atoms with E-state index in [9.17, 15) is 5.11 Å². The number of rotatable bonds is 3. The molecule has 0 bridgehead atoms. The predicted octanol–water partition coefficient (Wildman–Crippen LogP) is 4.46. The van der Waals surface area contributed by atoms with Crippen LogP contribution in [0.2, 0.25) is 0 Å². The molecule has 0 spiro atoms. The third kappa shape index (κ3) is 2.80. The van der Waals surface area contributed by atoms with Gasteiger partial charge in [0.15, 0.2) is 5.65 Å². The third-order valence-corrected chi connectivity index (χ3v) is 4.18. The van der Waals surface area contributed by atoms with Crippen LogP contribution in [-0.4, -0.2) is 19.5 Å². The van der Waals surface area contributed by atoms with Crippen LogP contribution in [0.15, 0.2) is 61.1 Å². The second kappa shape index (κ2) is 5.94. The Morgan fingerprint density at radius 3 is 2.76 bits per heavy atom. The van der Waals surface area contributed by atoms with Crippen molar-refractivity contribution in [3.8, 4) is 17.0 Å². The average Bonchev–Trinajstić information content (AvgIpc) is 2.96. The van der Waals surface area contributed by atoms with Crippen LogP contribution >= 0.6 is 0 Å². The molecule has 2 N–H and O–H groups in total. The number of benzene rings is 2. The van der Waals surface area contributed by atoms with Gasteiger partial charge in [-0.1, -0.05) is 29.8 Å². The highest BCUT2D eigenvalue weighted by Crippen LogP contribution is 2.33. The molecular formula is C20H18N4O. The lowest BCUT2D eigenvalue weighted by Gasteiger charge is -2.12. The Morgan fingerprint density at radius 1 is 1.08 bits per heavy atom. The average molecular weight is 330 g/mol. The minimum atomic E-state index is 0.213. The smallest absolute Gasteiger partial charge is 0.157 e. The van der Waals surface area contributed by atoms with E-state index in [1.54, 1.807) is 24.5 Å². The van der Waals surface area contributed by atoms with Crippen molar-refractivity contribution in [1.29, 1.82) is 0 Å². The van der Waals surface area contributed by atoms with Crippen molar-refractivity contribution in [1.82, 2.24) is 14.4 Å². The Kier molecular flexibility index (Phi) is 3.61. The van der Waals surface area contributed by atoms with Gasteiger partial charge < -0.3 is 10.4 Å². The molecule has 4 rings (SSSR count). The van der Waals surface area contributed by atoms with Gasteiger partial charge in [-0.25, -0.2) is 4.98 Å². The number of hydrogen-bond acceptors (Lipinski definition) is 4. The van der Waals surface area contributed by atoms with Crippen molar-refractivity contribution in [3.63, 3.8) is 0 Å². The maximum Gasteiger partial charge on any atom is 0.157 e. The Bertz CT molecular complexity index is 1070. The largest absolute Gasteiger partial charge is 0.508 e. The van der Waals surface area contributed by atoms with Crippen LogP contribution in [0.4, 0.5) is 11.5 Å². The van der Waals surface area contributed by atoms with Crippen LogP contribution in [-0.2, 0) is 0 Å². The predicted molar refractivity (Wildman–Crippen MR) is 99.3 cm³/mol. The van der Waals surface area contributed by atoms with Gasteiger partial charge in [0.25, 0.3) is 0 Å². The Balaban J connectivity index is 1.90. The maximum absolute atomic E-state index is 9.84. The molecule has 0 aliphatic carbocycles. The molecule has 0 atom stereocenters. The van der Waals surface area contributed by atoms with E-state index in [4.69, 9.17) is 4.98 Å². The second-order valence-corrected chi connectivity index (χ2v) is 6.11. The number of anilines is 2. The Hall–Kier alpha value is -3.34. The van der Waals surface area contributed by atoms with Crippen LogP contribution in [0, 0.1) is 13.8 Å². The molecule has 0 radical (unpaired) electrons. The number of phenols is 1. The monoisotopic (exact) mass is 330 g/mol. The SMILES string of the molecule is Cc1ccc(Nc2c(-c3cccc(O)c3)nc3cnccn23)c(C)c1. The molecular weight excluding hydrogens is 312 g/mol. The van der Waals surface area contributed by atoms with Gasteiger partial charge in [-0.3, -0.25) is 9.38 Å². The lowest BCUT2D eigenvalue weighted by Crippen LogP contribution is -1.99. The normalized spacial score (nSPS) is 11.0. The summed E-state index contributed by atoms with van der Waals surface area (Å²) in [6.07, 6.45) is 5.33. The summed E-state index contributed by atoms with van der Waals surface area (Å²) in [4.78, 5) is 8.85. The van der Waals surface area contributed by atoms with Crippen molar-refractivity contribution < 1.29 is 5.11 Å². The van der Waals surface area contributed by atoms with Gasteiger partial charge in [0, 0.05) is 23.6 Å². The molecule has 25 heavy (non-hydrogen) atoms. The first kappa shape index (κ1) is 15.2. The molecule has 5 nitrogen and oxygen atoms in total. The minimum Gasteiger partial charge on any atom is -0.508 e. The number of nitrogens with one attached hydrogen (secondary N) is 1. The van der Waals surface area contributed by atoms with E-state index in [0.717, 1.165) is 34.0 Å². The number of aromatic hydroxyl groups is 1. The zero-order chi connectivity index (χ0) is 17.4. The molecule has 0 aliphatic rings. The molecule has 4 aromatic rings. The summed E-state index contributed by atoms with van der Waals surface area (Å²) >= 11 is 0. The molecule has 0 saturated carbocycles. The van der Waals surface area contributed by atoms with E-state index in [0.29, 0.717) is 0 Å². The molecule has 5 heteroatoms. The van der Waals surface area contributed by atoms with Crippen molar-refractivity contribution in [3.05, 3.63) is 72.2 Å². The number of phenolic OH excluding ortho intramolecular Hbond substituents is 1. The molecule has 0 saturated heterocycles. The molecule has 0 amide bonds. The van der Waals surface area contributed by atoms with E-state index in [-0.39, 0.29) is 5.75 Å². The molecule has 0 aliphatic heterocycles. The number of hydrogen-bond donors (Lipinski definition) is 2. The highest BCUT2D eigenvalue weighted by molar-refractivity contribution is 5.80. The Morgan fingerprint density at radius 2 is 1.96 bits per heavy atom. The van der Waals surface area contributed by atoms with E-state index < -0.39 is 0 Å². The zero-order valence-corrected chi connectivity index (χ0v) is 14.1. The van der Waals surface area contributed by atoms with Gasteiger partial charge in [0.05, 0.1) is 6.20 Å². The molecule has 0 unspecified atom stereocenters. The van der Waals surface area contributed by atoms with E-state index in [1.165, 1.54) is 5.56 Å². The van der Waals surface area contributed by atoms with Crippen molar-refractivity contribution in [2.45, 2.75) is 13.8 Å². The summed E-state index contributed by atoms with van der Waals surface area (Å²) in [6, 6.07) is 13.4. The number of fused-ring (bicyclic) bond motifs is 1. The fourth-order valence-corrected chi connectivity index (χ4v) is 2.96. The zero-order valence-electron chi connectivity index (χ0n) is 14.1. The molecule has 124 valence electrons. The van der Waals surface area contributed by atoms with Gasteiger partial charge >= 0.3 is 0 Å². The first-order valence-corrected chi connectivity index (χ1v) is 8.07. The Labute approximate surface area is 145 Å². The fourth-order valence-electron chi connectivity index (χ4n) is 2.96. The quantitative estimate of drug-likeness (QED) is 0.582. The topological polar surface area (TPSA) is 62.5 Å². The number of aromatic nitrogens is 3. The van der Waals surface area contributed by atoms with Crippen LogP contribution in [0.3, 0.4) is 0 Å². The molecule has 0 fully saturated rings. The maximum atomic E-state index is 9.84. The highest BCUT2D eigenvalue weighted by atomic mass is 16.3. The van der Waals surface area contributed by atoms with Crippen LogP contribution in [0.1, 0.15) is 11.1 Å². The van der Waals surface area contributed by atoms with Gasteiger partial charge in [-0.05, 0) is 37.6 Å². The fraction of sp³-hybridized carbons (Fsp3) is 0.100. The standard InChI is InChI=1S/C20H18N4O/c1-13-6-7-17(14(2)10-13)22-20-19(15-4-3-5-16(25)11-15)23-18-12-21-8-9-24(18)20/h3-12,22,25H,1-2H3. The van der Waals surface area contributed by atoms with Crippen molar-refractivity contribution in [2.75, 3.05) is 5.32 Å². The van der Waals surface area contributed by atoms with E-state index in [1.807, 2.05) is 22.7 Å². The molecule has 2 heterocycles. The van der Waals surface area contributed by atoms with E-state index in [2.05, 4.69) is 42.3 Å². The summed E-state index contributed by atoms with van der Waals surface area (Å²) in [7, 11) is 0. The van der Waals surface area contributed by atoms with Gasteiger partial charge in [0.2, 0.25) is 0 Å². The van der Waals surface area contributed by atoms with Crippen LogP contribution in [0.25, 0.3) is 16.9 Å². The summed E-state index contributed by atoms with van der Waals surface area (Å²) in [6.45, 7) is 4.16. The molecule has 2 aromatic heterocycles. The summed E-state index contributed by atoms with van der Waals surface area (Å²) in [5.74, 6) is 1.06. The van der Waals surface area contributed by atoms with Crippen LogP contribution < -0.4 is 5.32 Å². The minimum absolute atomic E-state index is 0.213. The first-order chi connectivity index (χ1) is 12.1. The van der Waals surface area contributed by atoms with Gasteiger partial charge in [-0.2, -0.15) is 0 Å². The summed E-state index contributed by atoms with van der Waals surface area (Å²) in [5.41, 5.74) is 5.75. The van der Waals surface area contributed by atoms with Crippen LogP contribution in [0.5, 0.6) is 5.75 Å². The van der Waals surface area contributed by atoms with E-state index >= 15 is 0 Å². The van der Waals surface area contributed by atoms with Crippen molar-refractivity contribution in [2.24, 2.45) is 0 Å². The van der Waals surface area contributed by atoms with Gasteiger partial charge in [-0.15, -0.1) is 0 Å². The first-order valence-electron chi connectivity index (χ1n) is 8.07. The van der Waals surface area contributed by atoms with Gasteiger partial charge in [0.1, 0.15) is 17.3 Å². The number of nitrogens with zero attached hydrogens (tertiary/aromatic N) is 3.